The first-order valence-corrected chi connectivity index (χ1v) is 6.15. The Morgan fingerprint density at radius 1 is 1.28 bits per heavy atom. The highest BCUT2D eigenvalue weighted by atomic mass is 16.5. The Balaban J connectivity index is 3.04. The molecule has 0 aromatic heterocycles. The smallest absolute Gasteiger partial charge is 0.241 e. The highest BCUT2D eigenvalue weighted by Crippen LogP contribution is 2.29. The molecular formula is C14H22N2O2. The van der Waals surface area contributed by atoms with Crippen LogP contribution >= 0.6 is 0 Å². The van der Waals surface area contributed by atoms with Crippen LogP contribution in [0.15, 0.2) is 18.2 Å². The minimum atomic E-state index is -0.194. The Hall–Kier alpha value is -1.55. The van der Waals surface area contributed by atoms with Gasteiger partial charge < -0.3 is 4.74 Å². The molecule has 0 aliphatic rings. The first-order chi connectivity index (χ1) is 8.51. The van der Waals surface area contributed by atoms with Crippen molar-refractivity contribution in [1.29, 1.82) is 0 Å². The van der Waals surface area contributed by atoms with E-state index in [1.807, 2.05) is 25.1 Å². The minimum absolute atomic E-state index is 0.0441. The van der Waals surface area contributed by atoms with Gasteiger partial charge in [0.25, 0.3) is 0 Å². The molecular weight excluding hydrogens is 228 g/mol. The molecule has 0 spiro atoms. The van der Waals surface area contributed by atoms with Gasteiger partial charge in [0.2, 0.25) is 5.91 Å². The van der Waals surface area contributed by atoms with Gasteiger partial charge in [0.1, 0.15) is 5.75 Å². The maximum Gasteiger partial charge on any atom is 0.241 e. The summed E-state index contributed by atoms with van der Waals surface area (Å²) in [5.74, 6) is 0.993. The topological polar surface area (TPSA) is 50.4 Å². The lowest BCUT2D eigenvalue weighted by Crippen LogP contribution is -2.37. The molecule has 0 saturated heterocycles. The minimum Gasteiger partial charge on any atom is -0.496 e. The van der Waals surface area contributed by atoms with Crippen molar-refractivity contribution in [3.05, 3.63) is 29.3 Å². The summed E-state index contributed by atoms with van der Waals surface area (Å²) >= 11 is 0. The second kappa shape index (κ2) is 6.40. The summed E-state index contributed by atoms with van der Waals surface area (Å²) < 4.78 is 5.34. The van der Waals surface area contributed by atoms with Crippen molar-refractivity contribution in [3.8, 4) is 5.75 Å². The molecule has 1 aromatic carbocycles. The van der Waals surface area contributed by atoms with Gasteiger partial charge in [-0.1, -0.05) is 26.0 Å². The fourth-order valence-corrected chi connectivity index (χ4v) is 1.86. The van der Waals surface area contributed by atoms with E-state index in [1.165, 1.54) is 0 Å². The lowest BCUT2D eigenvalue weighted by Gasteiger charge is -2.17. The van der Waals surface area contributed by atoms with Crippen molar-refractivity contribution in [2.75, 3.05) is 14.2 Å². The zero-order chi connectivity index (χ0) is 13.7. The van der Waals surface area contributed by atoms with E-state index in [0.29, 0.717) is 5.92 Å². The quantitative estimate of drug-likeness (QED) is 0.787. The van der Waals surface area contributed by atoms with E-state index in [2.05, 4.69) is 24.7 Å². The molecule has 0 bridgehead atoms. The molecule has 0 aliphatic heterocycles. The van der Waals surface area contributed by atoms with Crippen LogP contribution in [-0.4, -0.2) is 20.1 Å². The van der Waals surface area contributed by atoms with Crippen LogP contribution in [0.2, 0.25) is 0 Å². The molecule has 0 saturated carbocycles. The zero-order valence-corrected chi connectivity index (χ0v) is 11.7. The van der Waals surface area contributed by atoms with Crippen molar-refractivity contribution < 1.29 is 9.53 Å². The number of carbonyl (C=O) groups is 1. The third kappa shape index (κ3) is 3.23. The molecule has 2 N–H and O–H groups in total. The van der Waals surface area contributed by atoms with E-state index in [4.69, 9.17) is 4.74 Å². The summed E-state index contributed by atoms with van der Waals surface area (Å²) in [4.78, 5) is 11.8. The van der Waals surface area contributed by atoms with Crippen LogP contribution in [0.5, 0.6) is 5.75 Å². The van der Waals surface area contributed by atoms with E-state index < -0.39 is 0 Å². The summed E-state index contributed by atoms with van der Waals surface area (Å²) in [6.07, 6.45) is 0. The summed E-state index contributed by atoms with van der Waals surface area (Å²) in [5, 5.41) is 0. The monoisotopic (exact) mass is 250 g/mol. The van der Waals surface area contributed by atoms with E-state index >= 15 is 0 Å². The van der Waals surface area contributed by atoms with Gasteiger partial charge >= 0.3 is 0 Å². The number of methoxy groups -OCH3 is 1. The number of rotatable bonds is 5. The molecule has 0 fully saturated rings. The summed E-state index contributed by atoms with van der Waals surface area (Å²) in [5.41, 5.74) is 7.37. The highest BCUT2D eigenvalue weighted by molar-refractivity contribution is 5.82. The number of nitrogens with one attached hydrogen (secondary N) is 2. The number of ether oxygens (including phenoxy) is 1. The van der Waals surface area contributed by atoms with Crippen molar-refractivity contribution in [2.45, 2.75) is 32.6 Å². The largest absolute Gasteiger partial charge is 0.496 e. The molecule has 1 unspecified atom stereocenters. The average molecular weight is 250 g/mol. The maximum absolute atomic E-state index is 11.8. The van der Waals surface area contributed by atoms with Crippen LogP contribution in [0.3, 0.4) is 0 Å². The van der Waals surface area contributed by atoms with Gasteiger partial charge in [0.05, 0.1) is 13.0 Å². The highest BCUT2D eigenvalue weighted by Gasteiger charge is 2.17. The van der Waals surface area contributed by atoms with Crippen molar-refractivity contribution in [3.63, 3.8) is 0 Å². The van der Waals surface area contributed by atoms with Crippen molar-refractivity contribution in [2.24, 2.45) is 0 Å². The number of hydrazine groups is 1. The summed E-state index contributed by atoms with van der Waals surface area (Å²) in [7, 11) is 3.34. The second-order valence-electron chi connectivity index (χ2n) is 4.62. The summed E-state index contributed by atoms with van der Waals surface area (Å²) in [6.45, 7) is 6.11. The van der Waals surface area contributed by atoms with Gasteiger partial charge in [-0.05, 0) is 30.0 Å². The molecule has 4 heteroatoms. The lowest BCUT2D eigenvalue weighted by molar-refractivity contribution is -0.123. The van der Waals surface area contributed by atoms with E-state index in [1.54, 1.807) is 14.2 Å². The first kappa shape index (κ1) is 14.5. The van der Waals surface area contributed by atoms with Gasteiger partial charge in [-0.15, -0.1) is 0 Å². The van der Waals surface area contributed by atoms with Gasteiger partial charge in [0, 0.05) is 7.05 Å². The Bertz CT molecular complexity index is 416. The van der Waals surface area contributed by atoms with E-state index in [0.717, 1.165) is 16.9 Å². The van der Waals surface area contributed by atoms with Gasteiger partial charge in [-0.3, -0.25) is 10.2 Å². The second-order valence-corrected chi connectivity index (χ2v) is 4.62. The number of benzene rings is 1. The molecule has 1 aromatic rings. The SMILES string of the molecule is CNNC(=O)C(C)c1ccc(OC)c(C(C)C)c1. The van der Waals surface area contributed by atoms with Crippen molar-refractivity contribution >= 4 is 5.91 Å². The Morgan fingerprint density at radius 3 is 2.44 bits per heavy atom. The predicted molar refractivity (Wildman–Crippen MR) is 72.7 cm³/mol. The Labute approximate surface area is 109 Å². The molecule has 100 valence electrons. The van der Waals surface area contributed by atoms with E-state index in [-0.39, 0.29) is 11.8 Å². The molecule has 1 rings (SSSR count). The van der Waals surface area contributed by atoms with Crippen LogP contribution < -0.4 is 15.6 Å². The van der Waals surface area contributed by atoms with Gasteiger partial charge in [0.15, 0.2) is 0 Å². The Kier molecular flexibility index (Phi) is 5.16. The van der Waals surface area contributed by atoms with E-state index in [9.17, 15) is 4.79 Å². The average Bonchev–Trinajstić information content (AvgIpc) is 2.37. The molecule has 0 heterocycles. The lowest BCUT2D eigenvalue weighted by atomic mass is 9.93. The van der Waals surface area contributed by atoms with Crippen LogP contribution in [0.25, 0.3) is 0 Å². The number of amides is 1. The summed E-state index contributed by atoms with van der Waals surface area (Å²) in [6, 6.07) is 5.90. The standard InChI is InChI=1S/C14H22N2O2/c1-9(2)12-8-11(6-7-13(12)18-5)10(3)14(17)16-15-4/h6-10,15H,1-5H3,(H,16,17). The number of carbonyl (C=O) groups excluding carboxylic acids is 1. The van der Waals surface area contributed by atoms with Crippen LogP contribution in [-0.2, 0) is 4.79 Å². The third-order valence-corrected chi connectivity index (χ3v) is 3.02. The molecule has 0 aliphatic carbocycles. The van der Waals surface area contributed by atoms with Gasteiger partial charge in [-0.2, -0.15) is 0 Å². The first-order valence-electron chi connectivity index (χ1n) is 6.15. The molecule has 1 amide bonds. The zero-order valence-electron chi connectivity index (χ0n) is 11.7. The van der Waals surface area contributed by atoms with Gasteiger partial charge in [-0.25, -0.2) is 5.43 Å². The maximum atomic E-state index is 11.8. The van der Waals surface area contributed by atoms with Crippen LogP contribution in [0.1, 0.15) is 43.7 Å². The molecule has 18 heavy (non-hydrogen) atoms. The van der Waals surface area contributed by atoms with Crippen LogP contribution in [0, 0.1) is 0 Å². The molecule has 4 nitrogen and oxygen atoms in total. The molecule has 1 atom stereocenters. The fraction of sp³-hybridized carbons (Fsp3) is 0.500. The Morgan fingerprint density at radius 2 is 1.94 bits per heavy atom. The number of hydrogen-bond donors (Lipinski definition) is 2. The normalized spacial score (nSPS) is 12.3. The third-order valence-electron chi connectivity index (χ3n) is 3.02. The number of hydrogen-bond acceptors (Lipinski definition) is 3. The molecule has 0 radical (unpaired) electrons. The van der Waals surface area contributed by atoms with Crippen molar-refractivity contribution in [1.82, 2.24) is 10.9 Å². The van der Waals surface area contributed by atoms with Crippen LogP contribution in [0.4, 0.5) is 0 Å². The predicted octanol–water partition coefficient (Wildman–Crippen LogP) is 2.17. The fourth-order valence-electron chi connectivity index (χ4n) is 1.86.